The Balaban J connectivity index is 1.74. The van der Waals surface area contributed by atoms with Crippen molar-refractivity contribution in [1.82, 2.24) is 20.6 Å². The summed E-state index contributed by atoms with van der Waals surface area (Å²) in [5.74, 6) is -0.182. The number of rotatable bonds is 5. The number of carbonyl (C=O) groups is 1. The van der Waals surface area contributed by atoms with Gasteiger partial charge in [0, 0.05) is 6.20 Å². The average Bonchev–Trinajstić information content (AvgIpc) is 3.18. The second-order valence-electron chi connectivity index (χ2n) is 5.76. The maximum absolute atomic E-state index is 12.5. The Hall–Kier alpha value is -3.21. The van der Waals surface area contributed by atoms with E-state index in [2.05, 4.69) is 25.9 Å². The molecule has 3 rings (SSSR count). The Morgan fingerprint density at radius 3 is 2.84 bits per heavy atom. The summed E-state index contributed by atoms with van der Waals surface area (Å²) in [5, 5.41) is 25.4. The smallest absolute Gasteiger partial charge is 0.340 e. The lowest BCUT2D eigenvalue weighted by atomic mass is 9.98. The van der Waals surface area contributed by atoms with Gasteiger partial charge in [-0.1, -0.05) is 18.6 Å². The van der Waals surface area contributed by atoms with Crippen molar-refractivity contribution in [2.24, 2.45) is 0 Å². The van der Waals surface area contributed by atoms with Gasteiger partial charge in [-0.05, 0) is 43.0 Å². The Morgan fingerprint density at radius 1 is 1.32 bits per heavy atom. The molecular weight excluding hydrogens is 320 g/mol. The number of carbonyl (C=O) groups excluding carboxylic acids is 1. The molecule has 0 spiro atoms. The van der Waals surface area contributed by atoms with Gasteiger partial charge in [0.25, 0.3) is 0 Å². The number of ether oxygens (including phenoxy) is 1. The van der Waals surface area contributed by atoms with Crippen molar-refractivity contribution in [1.29, 1.82) is 5.26 Å². The summed E-state index contributed by atoms with van der Waals surface area (Å²) in [5.41, 5.74) is 1.18. The molecule has 0 saturated heterocycles. The first-order valence-corrected chi connectivity index (χ1v) is 8.18. The molecule has 0 aliphatic heterocycles. The lowest BCUT2D eigenvalue weighted by Crippen LogP contribution is -2.21. The minimum absolute atomic E-state index is 0.0150. The molecular formula is C17H18N6O2. The number of nitrogens with zero attached hydrogens (tertiary/aromatic N) is 4. The van der Waals surface area contributed by atoms with E-state index >= 15 is 0 Å². The number of hydrogen-bond donors (Lipinski definition) is 2. The molecule has 0 unspecified atom stereocenters. The number of anilines is 1. The number of nitriles is 1. The number of nitrogens with one attached hydrogen (secondary N) is 2. The number of hydrogen-bond acceptors (Lipinski definition) is 7. The van der Waals surface area contributed by atoms with Crippen LogP contribution in [0.15, 0.2) is 30.5 Å². The number of aromatic nitrogens is 4. The summed E-state index contributed by atoms with van der Waals surface area (Å²) in [6.07, 6.45) is 6.64. The zero-order valence-electron chi connectivity index (χ0n) is 13.6. The van der Waals surface area contributed by atoms with Crippen molar-refractivity contribution >= 4 is 17.2 Å². The highest BCUT2D eigenvalue weighted by Gasteiger charge is 2.20. The van der Waals surface area contributed by atoms with Gasteiger partial charge in [0.15, 0.2) is 0 Å². The predicted octanol–water partition coefficient (Wildman–Crippen LogP) is 2.67. The highest BCUT2D eigenvalue weighted by atomic mass is 16.5. The molecule has 2 N–H and O–H groups in total. The Morgan fingerprint density at radius 2 is 2.12 bits per heavy atom. The number of allylic oxidation sites excluding steroid dienone is 1. The number of esters is 1. The summed E-state index contributed by atoms with van der Waals surface area (Å²) in [6.45, 7) is 0. The van der Waals surface area contributed by atoms with Crippen LogP contribution in [0.2, 0.25) is 0 Å². The first-order valence-electron chi connectivity index (χ1n) is 8.18. The van der Waals surface area contributed by atoms with Gasteiger partial charge in [-0.2, -0.15) is 10.5 Å². The molecule has 1 heterocycles. The zero-order chi connectivity index (χ0) is 17.5. The maximum Gasteiger partial charge on any atom is 0.340 e. The predicted molar refractivity (Wildman–Crippen MR) is 90.1 cm³/mol. The second kappa shape index (κ2) is 8.06. The summed E-state index contributed by atoms with van der Waals surface area (Å²) in [4.78, 5) is 12.5. The summed E-state index contributed by atoms with van der Waals surface area (Å²) < 4.78 is 5.62. The molecule has 8 heteroatoms. The summed E-state index contributed by atoms with van der Waals surface area (Å²) >= 11 is 0. The Bertz CT molecular complexity index is 788. The number of H-pyrrole nitrogens is 1. The van der Waals surface area contributed by atoms with E-state index in [1.165, 1.54) is 12.6 Å². The minimum Gasteiger partial charge on any atom is -0.459 e. The third-order valence-corrected chi connectivity index (χ3v) is 4.05. The van der Waals surface area contributed by atoms with E-state index in [1.54, 1.807) is 24.3 Å². The van der Waals surface area contributed by atoms with Gasteiger partial charge in [-0.3, -0.25) is 0 Å². The fraction of sp³-hybridized carbons (Fsp3) is 0.353. The second-order valence-corrected chi connectivity index (χ2v) is 5.76. The third kappa shape index (κ3) is 4.20. The van der Waals surface area contributed by atoms with Gasteiger partial charge >= 0.3 is 5.97 Å². The number of benzene rings is 1. The van der Waals surface area contributed by atoms with Gasteiger partial charge in [-0.25, -0.2) is 4.79 Å². The third-order valence-electron chi connectivity index (χ3n) is 4.05. The minimum atomic E-state index is -0.360. The largest absolute Gasteiger partial charge is 0.459 e. The number of para-hydroxylation sites is 1. The van der Waals surface area contributed by atoms with Crippen molar-refractivity contribution < 1.29 is 9.53 Å². The van der Waals surface area contributed by atoms with Crippen LogP contribution in [0.1, 0.15) is 48.3 Å². The Kier molecular flexibility index (Phi) is 5.36. The first kappa shape index (κ1) is 16.6. The molecule has 1 aromatic heterocycles. The SMILES string of the molecule is N#CC(=CNc1ccccc1C(=O)OC1CCCCC1)c1nn[nH]n1. The number of tetrazole rings is 1. The number of aromatic amines is 1. The summed E-state index contributed by atoms with van der Waals surface area (Å²) in [7, 11) is 0. The highest BCUT2D eigenvalue weighted by molar-refractivity contribution is 5.96. The molecule has 8 nitrogen and oxygen atoms in total. The molecule has 25 heavy (non-hydrogen) atoms. The van der Waals surface area contributed by atoms with E-state index in [4.69, 9.17) is 4.74 Å². The van der Waals surface area contributed by atoms with Crippen molar-refractivity contribution in [3.8, 4) is 6.07 Å². The fourth-order valence-corrected chi connectivity index (χ4v) is 2.76. The van der Waals surface area contributed by atoms with Gasteiger partial charge in [-0.15, -0.1) is 10.2 Å². The lowest BCUT2D eigenvalue weighted by molar-refractivity contribution is 0.0212. The topological polar surface area (TPSA) is 117 Å². The van der Waals surface area contributed by atoms with Crippen LogP contribution < -0.4 is 5.32 Å². The van der Waals surface area contributed by atoms with Gasteiger partial charge in [0.2, 0.25) is 5.82 Å². The highest BCUT2D eigenvalue weighted by Crippen LogP contribution is 2.23. The quantitative estimate of drug-likeness (QED) is 0.636. The molecule has 0 bridgehead atoms. The molecule has 0 atom stereocenters. The van der Waals surface area contributed by atoms with Crippen LogP contribution in [-0.2, 0) is 4.74 Å². The molecule has 0 amide bonds. The van der Waals surface area contributed by atoms with Crippen LogP contribution in [0.5, 0.6) is 0 Å². The average molecular weight is 338 g/mol. The van der Waals surface area contributed by atoms with Crippen molar-refractivity contribution in [3.05, 3.63) is 41.9 Å². The van der Waals surface area contributed by atoms with Crippen molar-refractivity contribution in [3.63, 3.8) is 0 Å². The van der Waals surface area contributed by atoms with Crippen LogP contribution in [0.25, 0.3) is 5.57 Å². The van der Waals surface area contributed by atoms with Crippen LogP contribution in [0.3, 0.4) is 0 Å². The lowest BCUT2D eigenvalue weighted by Gasteiger charge is -2.22. The fourth-order valence-electron chi connectivity index (χ4n) is 2.76. The molecule has 1 fully saturated rings. The molecule has 1 saturated carbocycles. The molecule has 2 aromatic rings. The maximum atomic E-state index is 12.5. The molecule has 1 aliphatic carbocycles. The van der Waals surface area contributed by atoms with Crippen molar-refractivity contribution in [2.45, 2.75) is 38.2 Å². The van der Waals surface area contributed by atoms with Crippen LogP contribution in [0.4, 0.5) is 5.69 Å². The monoisotopic (exact) mass is 338 g/mol. The van der Waals surface area contributed by atoms with E-state index in [1.807, 2.05) is 6.07 Å². The van der Waals surface area contributed by atoms with Gasteiger partial charge < -0.3 is 10.1 Å². The Labute approximate surface area is 144 Å². The van der Waals surface area contributed by atoms with E-state index < -0.39 is 0 Å². The van der Waals surface area contributed by atoms with Crippen LogP contribution in [-0.4, -0.2) is 32.7 Å². The van der Waals surface area contributed by atoms with Gasteiger partial charge in [0.05, 0.1) is 11.3 Å². The zero-order valence-corrected chi connectivity index (χ0v) is 13.6. The standard InChI is InChI=1S/C17H18N6O2/c18-10-12(16-20-22-23-21-16)11-19-15-9-5-4-8-14(15)17(24)25-13-6-2-1-3-7-13/h4-5,8-9,11,13,19H,1-3,6-7H2,(H,20,21,22,23). The van der Waals surface area contributed by atoms with E-state index in [0.717, 1.165) is 25.7 Å². The van der Waals surface area contributed by atoms with Crippen LogP contribution in [0, 0.1) is 11.3 Å². The summed E-state index contributed by atoms with van der Waals surface area (Å²) in [6, 6.07) is 9.01. The van der Waals surface area contributed by atoms with Crippen LogP contribution >= 0.6 is 0 Å². The normalized spacial score (nSPS) is 15.4. The van der Waals surface area contributed by atoms with E-state index in [0.29, 0.717) is 11.3 Å². The van der Waals surface area contributed by atoms with Gasteiger partial charge in [0.1, 0.15) is 17.7 Å². The molecule has 128 valence electrons. The van der Waals surface area contributed by atoms with E-state index in [9.17, 15) is 10.1 Å². The molecule has 0 radical (unpaired) electrons. The first-order chi connectivity index (χ1) is 12.3. The molecule has 1 aromatic carbocycles. The molecule has 1 aliphatic rings. The van der Waals surface area contributed by atoms with Crippen molar-refractivity contribution in [2.75, 3.05) is 5.32 Å². The van der Waals surface area contributed by atoms with E-state index in [-0.39, 0.29) is 23.5 Å².